The number of aliphatic carboxylic acids is 1. The maximum absolute atomic E-state index is 12.3. The second-order valence-corrected chi connectivity index (χ2v) is 6.15. The lowest BCUT2D eigenvalue weighted by Crippen LogP contribution is -2.53. The van der Waals surface area contributed by atoms with Gasteiger partial charge in [-0.15, -0.1) is 0 Å². The van der Waals surface area contributed by atoms with Gasteiger partial charge in [-0.2, -0.15) is 0 Å². The molecule has 2 atom stereocenters. The average Bonchev–Trinajstić information content (AvgIpc) is 2.57. The topological polar surface area (TPSA) is 92.4 Å². The predicted octanol–water partition coefficient (Wildman–Crippen LogP) is 1.26. The van der Waals surface area contributed by atoms with E-state index >= 15 is 0 Å². The van der Waals surface area contributed by atoms with E-state index in [1.165, 1.54) is 0 Å². The van der Waals surface area contributed by atoms with Crippen LogP contribution in [0.3, 0.4) is 0 Å². The highest BCUT2D eigenvalue weighted by Gasteiger charge is 2.44. The maximum Gasteiger partial charge on any atom is 0.303 e. The van der Waals surface area contributed by atoms with Crippen LogP contribution >= 0.6 is 0 Å². The molecule has 1 aliphatic carbocycles. The highest BCUT2D eigenvalue weighted by molar-refractivity contribution is 5.84. The quantitative estimate of drug-likeness (QED) is 0.690. The molecule has 0 bridgehead atoms. The molecule has 2 unspecified atom stereocenters. The second-order valence-electron chi connectivity index (χ2n) is 6.15. The Hall–Kier alpha value is -1.10. The highest BCUT2D eigenvalue weighted by Crippen LogP contribution is 2.37. The van der Waals surface area contributed by atoms with E-state index in [0.29, 0.717) is 6.42 Å². The normalized spacial score (nSPS) is 28.1. The Kier molecular flexibility index (Phi) is 4.37. The molecule has 18 heavy (non-hydrogen) atoms. The van der Waals surface area contributed by atoms with Crippen LogP contribution in [0, 0.1) is 5.41 Å². The Morgan fingerprint density at radius 2 is 2.11 bits per heavy atom. The van der Waals surface area contributed by atoms with Crippen molar-refractivity contribution < 1.29 is 14.7 Å². The van der Waals surface area contributed by atoms with Crippen molar-refractivity contribution >= 4 is 11.9 Å². The summed E-state index contributed by atoms with van der Waals surface area (Å²) in [6.07, 6.45) is 3.12. The number of amides is 1. The molecule has 5 nitrogen and oxygen atoms in total. The van der Waals surface area contributed by atoms with E-state index in [4.69, 9.17) is 10.8 Å². The van der Waals surface area contributed by atoms with Crippen molar-refractivity contribution in [2.75, 3.05) is 0 Å². The van der Waals surface area contributed by atoms with Crippen LogP contribution in [0.25, 0.3) is 0 Å². The summed E-state index contributed by atoms with van der Waals surface area (Å²) in [7, 11) is 0. The molecule has 0 radical (unpaired) electrons. The molecule has 0 saturated heterocycles. The van der Waals surface area contributed by atoms with Gasteiger partial charge in [-0.05, 0) is 40.0 Å². The maximum atomic E-state index is 12.3. The minimum atomic E-state index is -0.846. The van der Waals surface area contributed by atoms with Gasteiger partial charge in [-0.25, -0.2) is 0 Å². The molecule has 1 aliphatic rings. The summed E-state index contributed by atoms with van der Waals surface area (Å²) in [6, 6.07) is -0.104. The van der Waals surface area contributed by atoms with Gasteiger partial charge in [-0.1, -0.05) is 6.42 Å². The number of carbonyl (C=O) groups excluding carboxylic acids is 1. The van der Waals surface area contributed by atoms with Gasteiger partial charge in [0.1, 0.15) is 0 Å². The molecule has 0 aromatic rings. The summed E-state index contributed by atoms with van der Waals surface area (Å²) >= 11 is 0. The van der Waals surface area contributed by atoms with E-state index in [2.05, 4.69) is 5.32 Å². The van der Waals surface area contributed by atoms with Crippen molar-refractivity contribution in [3.8, 4) is 0 Å². The second kappa shape index (κ2) is 5.26. The van der Waals surface area contributed by atoms with E-state index in [9.17, 15) is 9.59 Å². The molecular formula is C13H24N2O3. The molecule has 5 heteroatoms. The van der Waals surface area contributed by atoms with Gasteiger partial charge in [0.15, 0.2) is 0 Å². The summed E-state index contributed by atoms with van der Waals surface area (Å²) in [5.41, 5.74) is 4.97. The van der Waals surface area contributed by atoms with Crippen molar-refractivity contribution in [2.24, 2.45) is 11.1 Å². The van der Waals surface area contributed by atoms with Crippen LogP contribution in [0.5, 0.6) is 0 Å². The molecule has 0 aromatic carbocycles. The largest absolute Gasteiger partial charge is 0.481 e. The third kappa shape index (κ3) is 3.45. The fourth-order valence-electron chi connectivity index (χ4n) is 2.41. The Bertz CT molecular complexity index is 341. The van der Waals surface area contributed by atoms with Crippen LogP contribution in [0.4, 0.5) is 0 Å². The number of nitrogens with two attached hydrogens (primary N) is 1. The van der Waals surface area contributed by atoms with Crippen molar-refractivity contribution in [3.63, 3.8) is 0 Å². The standard InChI is InChI=1S/C13H24N2O3/c1-12(2,8-6-10(16)17)15-11(18)13(3)7-4-5-9(13)14/h9H,4-8,14H2,1-3H3,(H,15,18)(H,16,17). The molecule has 0 aromatic heterocycles. The fraction of sp³-hybridized carbons (Fsp3) is 0.846. The SMILES string of the molecule is CC(C)(CCC(=O)O)NC(=O)C1(C)CCCC1N. The molecular weight excluding hydrogens is 232 g/mol. The smallest absolute Gasteiger partial charge is 0.303 e. The summed E-state index contributed by atoms with van der Waals surface area (Å²) in [4.78, 5) is 22.9. The van der Waals surface area contributed by atoms with Gasteiger partial charge in [0.05, 0.1) is 5.41 Å². The number of hydrogen-bond acceptors (Lipinski definition) is 3. The molecule has 4 N–H and O–H groups in total. The van der Waals surface area contributed by atoms with Gasteiger partial charge in [0, 0.05) is 18.0 Å². The molecule has 104 valence electrons. The van der Waals surface area contributed by atoms with Crippen molar-refractivity contribution in [2.45, 2.75) is 64.5 Å². The molecule has 0 spiro atoms. The summed E-state index contributed by atoms with van der Waals surface area (Å²) in [5.74, 6) is -0.899. The number of carboxylic acids is 1. The Balaban J connectivity index is 2.60. The van der Waals surface area contributed by atoms with Crippen molar-refractivity contribution in [1.82, 2.24) is 5.32 Å². The first-order valence-electron chi connectivity index (χ1n) is 6.47. The van der Waals surface area contributed by atoms with Crippen LogP contribution in [-0.4, -0.2) is 28.6 Å². The molecule has 1 rings (SSSR count). The number of rotatable bonds is 5. The van der Waals surface area contributed by atoms with Gasteiger partial charge in [-0.3, -0.25) is 9.59 Å². The van der Waals surface area contributed by atoms with Gasteiger partial charge in [0.25, 0.3) is 0 Å². The molecule has 1 amide bonds. The van der Waals surface area contributed by atoms with E-state index in [-0.39, 0.29) is 18.4 Å². The molecule has 0 aliphatic heterocycles. The number of carbonyl (C=O) groups is 2. The van der Waals surface area contributed by atoms with Crippen LogP contribution < -0.4 is 11.1 Å². The summed E-state index contributed by atoms with van der Waals surface area (Å²) in [5, 5.41) is 11.6. The number of nitrogens with one attached hydrogen (secondary N) is 1. The first-order chi connectivity index (χ1) is 8.17. The lowest BCUT2D eigenvalue weighted by molar-refractivity contribution is -0.138. The zero-order valence-electron chi connectivity index (χ0n) is 11.5. The minimum Gasteiger partial charge on any atom is -0.481 e. The number of hydrogen-bond donors (Lipinski definition) is 3. The Morgan fingerprint density at radius 3 is 2.56 bits per heavy atom. The van der Waals surface area contributed by atoms with Gasteiger partial charge in [0.2, 0.25) is 5.91 Å². The van der Waals surface area contributed by atoms with Crippen LogP contribution in [0.15, 0.2) is 0 Å². The lowest BCUT2D eigenvalue weighted by atomic mass is 9.83. The van der Waals surface area contributed by atoms with Crippen molar-refractivity contribution in [1.29, 1.82) is 0 Å². The van der Waals surface area contributed by atoms with Crippen LogP contribution in [-0.2, 0) is 9.59 Å². The first-order valence-corrected chi connectivity index (χ1v) is 6.47. The Morgan fingerprint density at radius 1 is 1.50 bits per heavy atom. The lowest BCUT2D eigenvalue weighted by Gasteiger charge is -2.34. The highest BCUT2D eigenvalue weighted by atomic mass is 16.4. The summed E-state index contributed by atoms with van der Waals surface area (Å²) < 4.78 is 0. The minimum absolute atomic E-state index is 0.0516. The van der Waals surface area contributed by atoms with E-state index in [1.807, 2.05) is 20.8 Å². The molecule has 1 saturated carbocycles. The number of carboxylic acid groups (broad SMARTS) is 1. The van der Waals surface area contributed by atoms with Gasteiger partial charge >= 0.3 is 5.97 Å². The molecule has 0 heterocycles. The van der Waals surface area contributed by atoms with E-state index in [0.717, 1.165) is 19.3 Å². The third-order valence-electron chi connectivity index (χ3n) is 3.96. The fourth-order valence-corrected chi connectivity index (χ4v) is 2.41. The average molecular weight is 256 g/mol. The van der Waals surface area contributed by atoms with Crippen molar-refractivity contribution in [3.05, 3.63) is 0 Å². The zero-order valence-corrected chi connectivity index (χ0v) is 11.5. The third-order valence-corrected chi connectivity index (χ3v) is 3.96. The van der Waals surface area contributed by atoms with Crippen LogP contribution in [0.2, 0.25) is 0 Å². The van der Waals surface area contributed by atoms with E-state index < -0.39 is 16.9 Å². The molecule has 1 fully saturated rings. The van der Waals surface area contributed by atoms with Crippen LogP contribution in [0.1, 0.15) is 52.9 Å². The summed E-state index contributed by atoms with van der Waals surface area (Å²) in [6.45, 7) is 5.59. The monoisotopic (exact) mass is 256 g/mol. The Labute approximate surface area is 108 Å². The predicted molar refractivity (Wildman–Crippen MR) is 69.0 cm³/mol. The zero-order chi connectivity index (χ0) is 14.0. The first kappa shape index (κ1) is 15.0. The van der Waals surface area contributed by atoms with Gasteiger partial charge < -0.3 is 16.2 Å². The van der Waals surface area contributed by atoms with E-state index in [1.54, 1.807) is 0 Å².